The maximum absolute atomic E-state index is 13.0. The molecule has 1 saturated carbocycles. The minimum atomic E-state index is -0.797. The van der Waals surface area contributed by atoms with E-state index in [0.717, 1.165) is 85.1 Å². The molecule has 278 valence electrons. The Balaban J connectivity index is 0.928. The van der Waals surface area contributed by atoms with Gasteiger partial charge in [0.15, 0.2) is 0 Å². The molecule has 6 rings (SSSR count). The molecule has 1 atom stereocenters. The molecular weight excluding hydrogens is 668 g/mol. The van der Waals surface area contributed by atoms with Crippen LogP contribution in [0, 0.1) is 0 Å². The number of carbonyl (C=O) groups excluding carboxylic acids is 1. The molecule has 0 spiro atoms. The van der Waals surface area contributed by atoms with Crippen LogP contribution in [0.25, 0.3) is 22.0 Å². The highest BCUT2D eigenvalue weighted by Gasteiger charge is 2.23. The van der Waals surface area contributed by atoms with Crippen LogP contribution in [0.4, 0.5) is 10.5 Å². The lowest BCUT2D eigenvalue weighted by Crippen LogP contribution is -2.34. The highest BCUT2D eigenvalue weighted by atomic mass is 16.6. The molecule has 1 aliphatic rings. The highest BCUT2D eigenvalue weighted by molar-refractivity contribution is 5.92. The number of anilines is 1. The Hall–Kier alpha value is -5.16. The summed E-state index contributed by atoms with van der Waals surface area (Å²) in [6, 6.07) is 31.1. The van der Waals surface area contributed by atoms with E-state index in [-0.39, 0.29) is 17.4 Å². The van der Waals surface area contributed by atoms with E-state index in [2.05, 4.69) is 51.3 Å². The van der Waals surface area contributed by atoms with Gasteiger partial charge in [-0.15, -0.1) is 0 Å². The third-order valence-electron chi connectivity index (χ3n) is 10.0. The number of hydrogen-bond donors (Lipinski definition) is 6. The number of aromatic hydroxyl groups is 1. The van der Waals surface area contributed by atoms with Crippen molar-refractivity contribution in [1.82, 2.24) is 15.6 Å². The van der Waals surface area contributed by atoms with Crippen LogP contribution in [0.15, 0.2) is 102 Å². The number of amides is 1. The highest BCUT2D eigenvalue weighted by Crippen LogP contribution is 2.31. The summed E-state index contributed by atoms with van der Waals surface area (Å²) in [5.41, 5.74) is 5.72. The number of aryl methyl sites for hydroxylation is 1. The van der Waals surface area contributed by atoms with Gasteiger partial charge in [-0.1, -0.05) is 60.7 Å². The van der Waals surface area contributed by atoms with E-state index >= 15 is 0 Å². The van der Waals surface area contributed by atoms with Crippen molar-refractivity contribution < 1.29 is 24.5 Å². The van der Waals surface area contributed by atoms with Crippen molar-refractivity contribution in [3.63, 3.8) is 0 Å². The van der Waals surface area contributed by atoms with Crippen molar-refractivity contribution in [3.05, 3.63) is 124 Å². The molecular formula is C43H50N4O6. The third-order valence-corrected chi connectivity index (χ3v) is 10.0. The molecule has 1 amide bonds. The molecule has 10 nitrogen and oxygen atoms in total. The van der Waals surface area contributed by atoms with Gasteiger partial charge in [-0.25, -0.2) is 4.79 Å². The van der Waals surface area contributed by atoms with Gasteiger partial charge < -0.3 is 35.3 Å². The lowest BCUT2D eigenvalue weighted by Gasteiger charge is -2.28. The molecule has 6 N–H and O–H groups in total. The van der Waals surface area contributed by atoms with Gasteiger partial charge in [-0.05, 0) is 118 Å². The maximum Gasteiger partial charge on any atom is 0.411 e. The van der Waals surface area contributed by atoms with Gasteiger partial charge >= 0.3 is 6.09 Å². The number of aliphatic hydroxyl groups is 1. The molecule has 0 aliphatic heterocycles. The van der Waals surface area contributed by atoms with Gasteiger partial charge in [0.05, 0.1) is 23.9 Å². The maximum atomic E-state index is 13.0. The number of phenolic OH excluding ortho intramolecular Hbond substituents is 1. The number of carbonyl (C=O) groups is 1. The lowest BCUT2D eigenvalue weighted by atomic mass is 9.93. The average Bonchev–Trinajstić information content (AvgIpc) is 3.18. The molecule has 0 radical (unpaired) electrons. The summed E-state index contributed by atoms with van der Waals surface area (Å²) in [6.45, 7) is 1.61. The Bertz CT molecular complexity index is 1990. The van der Waals surface area contributed by atoms with Gasteiger partial charge in [-0.2, -0.15) is 0 Å². The number of nitrogens with one attached hydrogen (secondary N) is 4. The zero-order valence-electron chi connectivity index (χ0n) is 30.3. The largest absolute Gasteiger partial charge is 0.506 e. The number of H-pyrrole nitrogens is 1. The van der Waals surface area contributed by atoms with Crippen LogP contribution in [-0.4, -0.2) is 60.2 Å². The van der Waals surface area contributed by atoms with Gasteiger partial charge in [0, 0.05) is 29.6 Å². The number of unbranched alkanes of at least 4 members (excludes halogenated alkanes) is 1. The van der Waals surface area contributed by atoms with E-state index in [0.29, 0.717) is 42.2 Å². The van der Waals surface area contributed by atoms with Crippen LogP contribution in [-0.2, 0) is 17.6 Å². The fourth-order valence-corrected chi connectivity index (χ4v) is 6.98. The second-order valence-electron chi connectivity index (χ2n) is 13.7. The molecule has 1 aromatic heterocycles. The fraction of sp³-hybridized carbons (Fsp3) is 0.349. The number of aromatic amines is 1. The molecule has 4 aromatic carbocycles. The van der Waals surface area contributed by atoms with E-state index in [1.165, 1.54) is 12.1 Å². The Labute approximate surface area is 310 Å². The zero-order valence-corrected chi connectivity index (χ0v) is 30.3. The molecule has 1 fully saturated rings. The van der Waals surface area contributed by atoms with Crippen molar-refractivity contribution in [2.45, 2.75) is 69.6 Å². The van der Waals surface area contributed by atoms with Gasteiger partial charge in [0.2, 0.25) is 5.56 Å². The number of rotatable bonds is 16. The number of pyridine rings is 1. The second-order valence-corrected chi connectivity index (χ2v) is 13.7. The molecule has 0 bridgehead atoms. The molecule has 0 unspecified atom stereocenters. The average molecular weight is 719 g/mol. The minimum Gasteiger partial charge on any atom is -0.506 e. The summed E-state index contributed by atoms with van der Waals surface area (Å²) in [4.78, 5) is 27.3. The predicted molar refractivity (Wildman–Crippen MR) is 210 cm³/mol. The van der Waals surface area contributed by atoms with Crippen LogP contribution in [0.2, 0.25) is 0 Å². The number of hydrogen-bond acceptors (Lipinski definition) is 8. The molecule has 0 saturated heterocycles. The van der Waals surface area contributed by atoms with Gasteiger partial charge in [0.1, 0.15) is 17.6 Å². The zero-order chi connectivity index (χ0) is 37.0. The van der Waals surface area contributed by atoms with E-state index in [1.807, 2.05) is 49.5 Å². The number of fused-ring (bicyclic) bond motifs is 1. The van der Waals surface area contributed by atoms with Gasteiger partial charge in [0.25, 0.3) is 0 Å². The topological polar surface area (TPSA) is 145 Å². The summed E-state index contributed by atoms with van der Waals surface area (Å²) in [6.07, 6.45) is 5.97. The summed E-state index contributed by atoms with van der Waals surface area (Å²) >= 11 is 0. The number of aliphatic hydroxyl groups excluding tert-OH is 1. The molecule has 1 heterocycles. The Morgan fingerprint density at radius 3 is 2.43 bits per heavy atom. The summed E-state index contributed by atoms with van der Waals surface area (Å²) in [7, 11) is 1.98. The SMILES string of the molecule is CNC1CCC(OC(=O)Nc2cc(CCCCOc3ccc(CCNC[C@H](O)c4ccc(O)c5[nH]c(=O)ccc45)cc3)ccc2-c2ccccc2)CC1. The number of aromatic nitrogens is 1. The van der Waals surface area contributed by atoms with E-state index in [1.54, 1.807) is 12.1 Å². The molecule has 10 heteroatoms. The first-order valence-corrected chi connectivity index (χ1v) is 18.6. The van der Waals surface area contributed by atoms with Crippen LogP contribution in [0.1, 0.15) is 61.3 Å². The first-order valence-electron chi connectivity index (χ1n) is 18.6. The Kier molecular flexibility index (Phi) is 13.2. The van der Waals surface area contributed by atoms with Gasteiger partial charge in [-0.3, -0.25) is 10.1 Å². The van der Waals surface area contributed by atoms with Crippen molar-refractivity contribution in [3.8, 4) is 22.6 Å². The number of ether oxygens (including phenoxy) is 2. The minimum absolute atomic E-state index is 0.0276. The molecule has 53 heavy (non-hydrogen) atoms. The van der Waals surface area contributed by atoms with E-state index in [4.69, 9.17) is 9.47 Å². The third kappa shape index (κ3) is 10.5. The normalized spacial score (nSPS) is 16.3. The monoisotopic (exact) mass is 718 g/mol. The fourth-order valence-electron chi connectivity index (χ4n) is 6.98. The Morgan fingerprint density at radius 1 is 0.887 bits per heavy atom. The van der Waals surface area contributed by atoms with Crippen molar-refractivity contribution in [2.24, 2.45) is 0 Å². The quantitative estimate of drug-likeness (QED) is 0.0586. The second kappa shape index (κ2) is 18.6. The van der Waals surface area contributed by atoms with E-state index < -0.39 is 12.2 Å². The number of phenols is 1. The van der Waals surface area contributed by atoms with Crippen LogP contribution in [0.5, 0.6) is 11.5 Å². The molecule has 1 aliphatic carbocycles. The first-order chi connectivity index (χ1) is 25.9. The van der Waals surface area contributed by atoms with Crippen molar-refractivity contribution in [1.29, 1.82) is 0 Å². The predicted octanol–water partition coefficient (Wildman–Crippen LogP) is 7.25. The lowest BCUT2D eigenvalue weighted by molar-refractivity contribution is 0.0800. The van der Waals surface area contributed by atoms with Crippen molar-refractivity contribution >= 4 is 22.7 Å². The molecule has 5 aromatic rings. The van der Waals surface area contributed by atoms with Crippen molar-refractivity contribution in [2.75, 3.05) is 32.1 Å². The van der Waals surface area contributed by atoms with Crippen LogP contribution in [0.3, 0.4) is 0 Å². The Morgan fingerprint density at radius 2 is 1.66 bits per heavy atom. The van der Waals surface area contributed by atoms with Crippen LogP contribution < -0.4 is 26.2 Å². The smallest absolute Gasteiger partial charge is 0.411 e. The summed E-state index contributed by atoms with van der Waals surface area (Å²) in [5.74, 6) is 0.797. The summed E-state index contributed by atoms with van der Waals surface area (Å²) in [5, 5.41) is 31.2. The standard InChI is InChI=1S/C43H50N4O6/c1-44-32-13-17-34(18-14-32)53-43(51)46-38-27-30(12-19-35(38)31-8-3-2-4-9-31)7-5-6-26-52-33-15-10-29(11-16-33)24-25-45-28-40(49)36-20-22-39(48)42-37(36)21-23-41(50)47-42/h2-4,8-12,15-16,19-23,27,32,34,40,44-45,48-49H,5-7,13-14,17-18,24-26,28H2,1H3,(H,46,51)(H,47,50)/t32?,34?,40-/m0/s1. The van der Waals surface area contributed by atoms with E-state index in [9.17, 15) is 19.8 Å². The summed E-state index contributed by atoms with van der Waals surface area (Å²) < 4.78 is 11.9. The number of benzene rings is 4. The first kappa shape index (κ1) is 37.6. The van der Waals surface area contributed by atoms with Crippen LogP contribution >= 0.6 is 0 Å².